The van der Waals surface area contributed by atoms with E-state index in [1.54, 1.807) is 26.4 Å². The first-order valence-corrected chi connectivity index (χ1v) is 12.7. The minimum atomic E-state index is -0.246. The highest BCUT2D eigenvalue weighted by molar-refractivity contribution is 5.98. The van der Waals surface area contributed by atoms with E-state index in [1.165, 1.54) is 11.1 Å². The third-order valence-corrected chi connectivity index (χ3v) is 8.49. The van der Waals surface area contributed by atoms with Crippen LogP contribution in [-0.2, 0) is 21.3 Å². The van der Waals surface area contributed by atoms with Crippen molar-refractivity contribution < 1.29 is 28.5 Å². The fraction of sp³-hybridized carbons (Fsp3) is 0.483. The van der Waals surface area contributed by atoms with Gasteiger partial charge in [0, 0.05) is 36.5 Å². The molecule has 0 N–H and O–H groups in total. The summed E-state index contributed by atoms with van der Waals surface area (Å²) in [5.41, 5.74) is 3.06. The first-order chi connectivity index (χ1) is 17.6. The van der Waals surface area contributed by atoms with Crippen LogP contribution in [0.5, 0.6) is 17.2 Å². The van der Waals surface area contributed by atoms with Gasteiger partial charge in [-0.2, -0.15) is 0 Å². The summed E-state index contributed by atoms with van der Waals surface area (Å²) in [4.78, 5) is 15.4. The molecule has 36 heavy (non-hydrogen) atoms. The lowest BCUT2D eigenvalue weighted by Crippen LogP contribution is -2.65. The lowest BCUT2D eigenvalue weighted by atomic mass is 9.53. The summed E-state index contributed by atoms with van der Waals surface area (Å²) in [6.45, 7) is 1.49. The highest BCUT2D eigenvalue weighted by Gasteiger charge is 2.64. The van der Waals surface area contributed by atoms with Gasteiger partial charge in [0.05, 0.1) is 19.3 Å². The molecule has 190 valence electrons. The fourth-order valence-corrected chi connectivity index (χ4v) is 6.89. The van der Waals surface area contributed by atoms with Crippen LogP contribution >= 0.6 is 0 Å². The van der Waals surface area contributed by atoms with Crippen LogP contribution in [0.3, 0.4) is 0 Å². The Bertz CT molecular complexity index is 1190. The Morgan fingerprint density at radius 3 is 2.83 bits per heavy atom. The van der Waals surface area contributed by atoms with E-state index in [0.717, 1.165) is 30.9 Å². The van der Waals surface area contributed by atoms with Gasteiger partial charge in [-0.1, -0.05) is 30.4 Å². The maximum absolute atomic E-state index is 12.9. The molecule has 2 unspecified atom stereocenters. The number of benzene rings is 2. The van der Waals surface area contributed by atoms with Gasteiger partial charge in [0.2, 0.25) is 0 Å². The summed E-state index contributed by atoms with van der Waals surface area (Å²) >= 11 is 0. The third-order valence-electron chi connectivity index (χ3n) is 8.49. The molecule has 1 spiro atoms. The molecule has 0 aromatic heterocycles. The number of methoxy groups -OCH3 is 2. The maximum atomic E-state index is 12.9. The van der Waals surface area contributed by atoms with E-state index in [0.29, 0.717) is 29.9 Å². The van der Waals surface area contributed by atoms with Crippen LogP contribution in [0.2, 0.25) is 0 Å². The fourth-order valence-electron chi connectivity index (χ4n) is 6.89. The Kier molecular flexibility index (Phi) is 6.02. The highest BCUT2D eigenvalue weighted by atomic mass is 16.7. The summed E-state index contributed by atoms with van der Waals surface area (Å²) in [7, 11) is 5.43. The van der Waals surface area contributed by atoms with Crippen LogP contribution in [0.15, 0.2) is 48.6 Å². The first-order valence-electron chi connectivity index (χ1n) is 12.7. The van der Waals surface area contributed by atoms with Gasteiger partial charge < -0.3 is 28.6 Å². The number of ether oxygens (including phenoxy) is 5. The number of para-hydroxylation sites is 1. The first kappa shape index (κ1) is 23.5. The molecule has 7 heteroatoms. The number of piperidine rings is 1. The average Bonchev–Trinajstić information content (AvgIpc) is 3.26. The zero-order valence-electron chi connectivity index (χ0n) is 21.1. The van der Waals surface area contributed by atoms with Gasteiger partial charge in [-0.05, 0) is 50.2 Å². The zero-order chi connectivity index (χ0) is 24.9. The highest BCUT2D eigenvalue weighted by Crippen LogP contribution is 2.62. The lowest BCUT2D eigenvalue weighted by Gasteiger charge is -2.56. The van der Waals surface area contributed by atoms with Gasteiger partial charge >= 0.3 is 0 Å². The summed E-state index contributed by atoms with van der Waals surface area (Å²) in [6.07, 6.45) is 6.35. The molecule has 7 nitrogen and oxygen atoms in total. The van der Waals surface area contributed by atoms with Crippen LogP contribution < -0.4 is 14.2 Å². The molecule has 2 aromatic carbocycles. The number of nitrogens with zero attached hydrogens (tertiary/aromatic N) is 1. The minimum absolute atomic E-state index is 0.00784. The van der Waals surface area contributed by atoms with Crippen molar-refractivity contribution in [2.75, 3.05) is 41.2 Å². The van der Waals surface area contributed by atoms with Gasteiger partial charge in [0.1, 0.15) is 18.0 Å². The second-order valence-corrected chi connectivity index (χ2v) is 10.2. The molecular formula is C29H33NO6. The second-order valence-electron chi connectivity index (χ2n) is 10.2. The number of hydrogen-bond donors (Lipinski definition) is 0. The number of ketones is 1. The summed E-state index contributed by atoms with van der Waals surface area (Å²) in [5.74, 6) is 2.51. The Morgan fingerprint density at radius 2 is 2.00 bits per heavy atom. The molecule has 4 aliphatic rings. The molecule has 2 aromatic rings. The van der Waals surface area contributed by atoms with Crippen molar-refractivity contribution >= 4 is 5.78 Å². The monoisotopic (exact) mass is 491 g/mol. The number of likely N-dealkylation sites (tertiary alicyclic amines) is 1. The molecule has 2 heterocycles. The van der Waals surface area contributed by atoms with Gasteiger partial charge in [-0.3, -0.25) is 4.79 Å². The van der Waals surface area contributed by atoms with Crippen molar-refractivity contribution in [3.63, 3.8) is 0 Å². The molecule has 0 saturated carbocycles. The van der Waals surface area contributed by atoms with E-state index in [9.17, 15) is 4.79 Å². The predicted molar refractivity (Wildman–Crippen MR) is 134 cm³/mol. The average molecular weight is 492 g/mol. The van der Waals surface area contributed by atoms with Crippen molar-refractivity contribution in [2.24, 2.45) is 5.92 Å². The molecule has 2 bridgehead atoms. The minimum Gasteiger partial charge on any atom is -0.496 e. The van der Waals surface area contributed by atoms with E-state index in [1.807, 2.05) is 18.2 Å². The van der Waals surface area contributed by atoms with Crippen LogP contribution in [0.1, 0.15) is 34.3 Å². The standard InChI is InChI=1S/C29H33NO6/c1-30-14-13-29-20-9-11-25(34-15-12-22(31)19-6-4-5-7-23(19)33-3)28(29)36-27-24(35-17-32-2)10-8-18(26(27)29)16-21(20)30/h4-11,20-21,25,28H,12-17H2,1-3H3/t20-,21+,25?,28?,29-/m0/s1. The Labute approximate surface area is 211 Å². The summed E-state index contributed by atoms with van der Waals surface area (Å²) in [6, 6.07) is 11.9. The molecule has 5 atom stereocenters. The van der Waals surface area contributed by atoms with E-state index >= 15 is 0 Å². The molecule has 1 saturated heterocycles. The van der Waals surface area contributed by atoms with Crippen LogP contribution in [0, 0.1) is 5.92 Å². The van der Waals surface area contributed by atoms with Crippen molar-refractivity contribution in [3.8, 4) is 17.2 Å². The molecule has 2 aliphatic carbocycles. The SMILES string of the molecule is COCOc1ccc2c3c1OC1C(OCCC(=O)c4ccccc4OC)C=C[C@H]4[C@@H](C2)N(C)CC[C@]314. The largest absolute Gasteiger partial charge is 0.496 e. The molecule has 1 fully saturated rings. The van der Waals surface area contributed by atoms with Crippen molar-refractivity contribution in [3.05, 3.63) is 65.2 Å². The lowest BCUT2D eigenvalue weighted by molar-refractivity contribution is -0.0703. The second kappa shape index (κ2) is 9.21. The van der Waals surface area contributed by atoms with Crippen LogP contribution in [-0.4, -0.2) is 70.1 Å². The zero-order valence-corrected chi connectivity index (χ0v) is 21.1. The number of hydrogen-bond acceptors (Lipinski definition) is 7. The number of carbonyl (C=O) groups is 1. The molecule has 0 amide bonds. The van der Waals surface area contributed by atoms with Gasteiger partial charge in [0.25, 0.3) is 0 Å². The van der Waals surface area contributed by atoms with Crippen LogP contribution in [0.4, 0.5) is 0 Å². The molecule has 0 radical (unpaired) electrons. The summed E-state index contributed by atoms with van der Waals surface area (Å²) < 4.78 is 29.6. The number of likely N-dealkylation sites (N-methyl/N-ethyl adjacent to an activating group) is 1. The quantitative estimate of drug-likeness (QED) is 0.300. The Morgan fingerprint density at radius 1 is 1.14 bits per heavy atom. The van der Waals surface area contributed by atoms with Crippen molar-refractivity contribution in [1.82, 2.24) is 4.90 Å². The van der Waals surface area contributed by atoms with E-state index < -0.39 is 0 Å². The maximum Gasteiger partial charge on any atom is 0.188 e. The van der Waals surface area contributed by atoms with Crippen molar-refractivity contribution in [2.45, 2.75) is 42.9 Å². The molecular weight excluding hydrogens is 458 g/mol. The third kappa shape index (κ3) is 3.48. The Balaban J connectivity index is 1.27. The number of carbonyl (C=O) groups excluding carboxylic acids is 1. The normalized spacial score (nSPS) is 29.4. The van der Waals surface area contributed by atoms with Gasteiger partial charge in [0.15, 0.2) is 24.1 Å². The van der Waals surface area contributed by atoms with Gasteiger partial charge in [-0.25, -0.2) is 0 Å². The van der Waals surface area contributed by atoms with E-state index in [2.05, 4.69) is 30.2 Å². The molecule has 2 aliphatic heterocycles. The van der Waals surface area contributed by atoms with Gasteiger partial charge in [-0.15, -0.1) is 0 Å². The number of Topliss-reactive ketones (excluding diaryl/α,β-unsaturated/α-hetero) is 1. The number of rotatable bonds is 9. The topological polar surface area (TPSA) is 66.5 Å². The van der Waals surface area contributed by atoms with Crippen LogP contribution in [0.25, 0.3) is 0 Å². The molecule has 6 rings (SSSR count). The summed E-state index contributed by atoms with van der Waals surface area (Å²) in [5, 5.41) is 0. The van der Waals surface area contributed by atoms with E-state index in [-0.39, 0.29) is 36.6 Å². The van der Waals surface area contributed by atoms with Crippen molar-refractivity contribution in [1.29, 1.82) is 0 Å². The smallest absolute Gasteiger partial charge is 0.188 e. The predicted octanol–water partition coefficient (Wildman–Crippen LogP) is 3.78. The van der Waals surface area contributed by atoms with E-state index in [4.69, 9.17) is 23.7 Å². The Hall–Kier alpha value is -2.87.